The van der Waals surface area contributed by atoms with Crippen LogP contribution in [0.2, 0.25) is 0 Å². The Balaban J connectivity index is 3.69. The quantitative estimate of drug-likeness (QED) is 0.354. The average molecular weight is 284 g/mol. The molecule has 0 heterocycles. The molecule has 0 bridgehead atoms. The Morgan fingerprint density at radius 1 is 0.650 bits per heavy atom. The van der Waals surface area contributed by atoms with Crippen LogP contribution in [-0.4, -0.2) is 13.1 Å². The lowest BCUT2D eigenvalue weighted by molar-refractivity contribution is 0.368. The fourth-order valence-electron chi connectivity index (χ4n) is 3.08. The zero-order valence-corrected chi connectivity index (χ0v) is 14.8. The van der Waals surface area contributed by atoms with E-state index in [0.29, 0.717) is 0 Å². The van der Waals surface area contributed by atoms with E-state index in [0.717, 1.165) is 11.8 Å². The first kappa shape index (κ1) is 20.0. The smallest absolute Gasteiger partial charge is 0.00206 e. The highest BCUT2D eigenvalue weighted by atomic mass is 14.9. The second kappa shape index (κ2) is 15.4. The molecular weight excluding hydrogens is 242 g/mol. The Hall–Kier alpha value is -0.0400. The lowest BCUT2D eigenvalue weighted by Gasteiger charge is -2.19. The van der Waals surface area contributed by atoms with Crippen molar-refractivity contribution in [2.75, 3.05) is 13.1 Å². The minimum absolute atomic E-state index is 0.902. The zero-order chi connectivity index (χ0) is 15.1. The molecule has 1 nitrogen and oxygen atoms in total. The summed E-state index contributed by atoms with van der Waals surface area (Å²) in [6.45, 7) is 11.7. The Morgan fingerprint density at radius 3 is 1.95 bits per heavy atom. The summed E-state index contributed by atoms with van der Waals surface area (Å²) in [4.78, 5) is 0. The summed E-state index contributed by atoms with van der Waals surface area (Å²) in [7, 11) is 0. The van der Waals surface area contributed by atoms with E-state index in [4.69, 9.17) is 0 Å². The van der Waals surface area contributed by atoms with Crippen LogP contribution in [0, 0.1) is 11.8 Å². The van der Waals surface area contributed by atoms with Gasteiger partial charge in [-0.25, -0.2) is 0 Å². The minimum atomic E-state index is 0.902. The predicted octanol–water partition coefficient (Wildman–Crippen LogP) is 6.18. The third-order valence-electron chi connectivity index (χ3n) is 4.62. The fraction of sp³-hybridized carbons (Fsp3) is 1.00. The summed E-state index contributed by atoms with van der Waals surface area (Å²) in [6, 6.07) is 0. The van der Waals surface area contributed by atoms with Crippen molar-refractivity contribution in [3.05, 3.63) is 0 Å². The van der Waals surface area contributed by atoms with E-state index in [9.17, 15) is 0 Å². The molecule has 0 aliphatic heterocycles. The van der Waals surface area contributed by atoms with Gasteiger partial charge in [0.25, 0.3) is 0 Å². The average Bonchev–Trinajstić information content (AvgIpc) is 2.46. The zero-order valence-electron chi connectivity index (χ0n) is 14.8. The SMILES string of the molecule is CCCCCC(CCC)CCNCC(CC)CCCC. The topological polar surface area (TPSA) is 12.0 Å². The maximum Gasteiger partial charge on any atom is -0.00206 e. The number of rotatable bonds is 15. The van der Waals surface area contributed by atoms with Crippen LogP contribution in [0.4, 0.5) is 0 Å². The van der Waals surface area contributed by atoms with E-state index in [2.05, 4.69) is 33.0 Å². The summed E-state index contributed by atoms with van der Waals surface area (Å²) >= 11 is 0. The highest BCUT2D eigenvalue weighted by Crippen LogP contribution is 2.19. The number of hydrogen-bond donors (Lipinski definition) is 1. The molecule has 2 unspecified atom stereocenters. The third kappa shape index (κ3) is 11.8. The highest BCUT2D eigenvalue weighted by Gasteiger charge is 2.09. The van der Waals surface area contributed by atoms with Crippen molar-refractivity contribution in [2.24, 2.45) is 11.8 Å². The molecule has 0 aromatic heterocycles. The maximum absolute atomic E-state index is 3.72. The molecule has 0 rings (SSSR count). The standard InChI is InChI=1S/C19H41N/c1-5-9-11-14-19(12-7-3)15-16-20-17-18(8-4)13-10-6-2/h18-20H,5-17H2,1-4H3. The van der Waals surface area contributed by atoms with Gasteiger partial charge in [0.1, 0.15) is 0 Å². The van der Waals surface area contributed by atoms with Crippen molar-refractivity contribution in [2.45, 2.75) is 98.3 Å². The molecule has 0 amide bonds. The first-order valence-corrected chi connectivity index (χ1v) is 9.49. The molecule has 0 saturated heterocycles. The Morgan fingerprint density at radius 2 is 1.35 bits per heavy atom. The van der Waals surface area contributed by atoms with Crippen molar-refractivity contribution in [3.8, 4) is 0 Å². The van der Waals surface area contributed by atoms with Gasteiger partial charge in [-0.3, -0.25) is 0 Å². The van der Waals surface area contributed by atoms with Crippen molar-refractivity contribution in [1.82, 2.24) is 5.32 Å². The molecule has 1 N–H and O–H groups in total. The minimum Gasteiger partial charge on any atom is -0.316 e. The summed E-state index contributed by atoms with van der Waals surface area (Å²) < 4.78 is 0. The molecule has 0 aromatic rings. The molecule has 0 aliphatic carbocycles. The van der Waals surface area contributed by atoms with E-state index in [-0.39, 0.29) is 0 Å². The van der Waals surface area contributed by atoms with Gasteiger partial charge in [0.2, 0.25) is 0 Å². The predicted molar refractivity (Wildman–Crippen MR) is 93.3 cm³/mol. The van der Waals surface area contributed by atoms with E-state index in [1.165, 1.54) is 83.7 Å². The van der Waals surface area contributed by atoms with Gasteiger partial charge in [0, 0.05) is 0 Å². The molecule has 0 aromatic carbocycles. The molecule has 122 valence electrons. The second-order valence-electron chi connectivity index (χ2n) is 6.56. The molecule has 0 radical (unpaired) electrons. The highest BCUT2D eigenvalue weighted by molar-refractivity contribution is 4.64. The molecule has 0 saturated carbocycles. The van der Waals surface area contributed by atoms with Crippen LogP contribution in [0.25, 0.3) is 0 Å². The molecule has 20 heavy (non-hydrogen) atoms. The summed E-state index contributed by atoms with van der Waals surface area (Å²) in [6.07, 6.45) is 15.3. The van der Waals surface area contributed by atoms with Crippen LogP contribution < -0.4 is 5.32 Å². The Labute approximate surface area is 129 Å². The molecule has 0 spiro atoms. The van der Waals surface area contributed by atoms with Crippen LogP contribution in [0.5, 0.6) is 0 Å². The lowest BCUT2D eigenvalue weighted by Crippen LogP contribution is -2.25. The Kier molecular flexibility index (Phi) is 15.3. The first-order valence-electron chi connectivity index (χ1n) is 9.49. The number of hydrogen-bond acceptors (Lipinski definition) is 1. The summed E-state index contributed by atoms with van der Waals surface area (Å²) in [5.41, 5.74) is 0. The third-order valence-corrected chi connectivity index (χ3v) is 4.62. The monoisotopic (exact) mass is 283 g/mol. The van der Waals surface area contributed by atoms with Crippen LogP contribution in [0.3, 0.4) is 0 Å². The molecule has 1 heteroatoms. The van der Waals surface area contributed by atoms with Gasteiger partial charge in [-0.2, -0.15) is 0 Å². The molecule has 2 atom stereocenters. The second-order valence-corrected chi connectivity index (χ2v) is 6.56. The number of nitrogens with one attached hydrogen (secondary N) is 1. The Bertz CT molecular complexity index is 179. The van der Waals surface area contributed by atoms with E-state index in [1.807, 2.05) is 0 Å². The van der Waals surface area contributed by atoms with E-state index >= 15 is 0 Å². The fourth-order valence-corrected chi connectivity index (χ4v) is 3.08. The van der Waals surface area contributed by atoms with Gasteiger partial charge in [0.05, 0.1) is 0 Å². The first-order chi connectivity index (χ1) is 9.78. The largest absolute Gasteiger partial charge is 0.316 e. The van der Waals surface area contributed by atoms with Gasteiger partial charge in [-0.1, -0.05) is 85.5 Å². The summed E-state index contributed by atoms with van der Waals surface area (Å²) in [5.74, 6) is 1.87. The molecule has 0 aliphatic rings. The molecule has 0 fully saturated rings. The van der Waals surface area contributed by atoms with Crippen molar-refractivity contribution >= 4 is 0 Å². The van der Waals surface area contributed by atoms with Crippen LogP contribution in [-0.2, 0) is 0 Å². The molecular formula is C19H41N. The van der Waals surface area contributed by atoms with Gasteiger partial charge >= 0.3 is 0 Å². The van der Waals surface area contributed by atoms with E-state index in [1.54, 1.807) is 0 Å². The van der Waals surface area contributed by atoms with Gasteiger partial charge in [0.15, 0.2) is 0 Å². The van der Waals surface area contributed by atoms with Gasteiger partial charge in [-0.05, 0) is 37.8 Å². The van der Waals surface area contributed by atoms with Gasteiger partial charge < -0.3 is 5.32 Å². The van der Waals surface area contributed by atoms with Crippen LogP contribution in [0.1, 0.15) is 98.3 Å². The van der Waals surface area contributed by atoms with E-state index < -0.39 is 0 Å². The summed E-state index contributed by atoms with van der Waals surface area (Å²) in [5, 5.41) is 3.72. The van der Waals surface area contributed by atoms with Crippen molar-refractivity contribution in [3.63, 3.8) is 0 Å². The van der Waals surface area contributed by atoms with Gasteiger partial charge in [-0.15, -0.1) is 0 Å². The van der Waals surface area contributed by atoms with Crippen molar-refractivity contribution < 1.29 is 0 Å². The number of unbranched alkanes of at least 4 members (excludes halogenated alkanes) is 3. The normalized spacial score (nSPS) is 14.4. The maximum atomic E-state index is 3.72. The lowest BCUT2D eigenvalue weighted by atomic mass is 9.93. The van der Waals surface area contributed by atoms with Crippen LogP contribution in [0.15, 0.2) is 0 Å². The van der Waals surface area contributed by atoms with Crippen molar-refractivity contribution in [1.29, 1.82) is 0 Å². The van der Waals surface area contributed by atoms with Crippen LogP contribution >= 0.6 is 0 Å².